The van der Waals surface area contributed by atoms with Crippen molar-refractivity contribution in [1.82, 2.24) is 4.90 Å². The van der Waals surface area contributed by atoms with Crippen LogP contribution in [0.2, 0.25) is 0 Å². The molecule has 1 atom stereocenters. The second kappa shape index (κ2) is 5.33. The molecule has 3 nitrogen and oxygen atoms in total. The molecule has 1 saturated carbocycles. The smallest absolute Gasteiger partial charge is 0.317 e. The third kappa shape index (κ3) is 3.16. The standard InChI is InChI=1S/C16H23NO2/c1-10-7-11(2)16(12(3)8-10)13(4)17(9-15(18)19)14-5-6-14/h7-8,13-14H,5-6,9H2,1-4H3,(H,18,19). The van der Waals surface area contributed by atoms with Crippen LogP contribution in [0.15, 0.2) is 12.1 Å². The van der Waals surface area contributed by atoms with Gasteiger partial charge in [-0.1, -0.05) is 17.7 Å². The number of aliphatic carboxylic acids is 1. The van der Waals surface area contributed by atoms with Gasteiger partial charge in [0.2, 0.25) is 0 Å². The predicted molar refractivity (Wildman–Crippen MR) is 76.4 cm³/mol. The summed E-state index contributed by atoms with van der Waals surface area (Å²) in [7, 11) is 0. The van der Waals surface area contributed by atoms with E-state index in [2.05, 4.69) is 44.7 Å². The van der Waals surface area contributed by atoms with Gasteiger partial charge < -0.3 is 5.11 Å². The van der Waals surface area contributed by atoms with Crippen LogP contribution in [0, 0.1) is 20.8 Å². The van der Waals surface area contributed by atoms with Gasteiger partial charge in [0.25, 0.3) is 0 Å². The van der Waals surface area contributed by atoms with Crippen LogP contribution in [-0.4, -0.2) is 28.6 Å². The van der Waals surface area contributed by atoms with Gasteiger partial charge in [-0.3, -0.25) is 9.69 Å². The number of benzene rings is 1. The number of nitrogens with zero attached hydrogens (tertiary/aromatic N) is 1. The lowest BCUT2D eigenvalue weighted by molar-refractivity contribution is -0.139. The molecule has 1 aliphatic rings. The molecule has 1 unspecified atom stereocenters. The summed E-state index contributed by atoms with van der Waals surface area (Å²) in [5.74, 6) is -0.735. The van der Waals surface area contributed by atoms with Crippen LogP contribution >= 0.6 is 0 Å². The summed E-state index contributed by atoms with van der Waals surface area (Å²) in [5.41, 5.74) is 5.09. The summed E-state index contributed by atoms with van der Waals surface area (Å²) < 4.78 is 0. The van der Waals surface area contributed by atoms with Gasteiger partial charge >= 0.3 is 5.97 Å². The van der Waals surface area contributed by atoms with Crippen LogP contribution in [-0.2, 0) is 4.79 Å². The normalized spacial score (nSPS) is 16.7. The van der Waals surface area contributed by atoms with Crippen LogP contribution in [0.1, 0.15) is 48.1 Å². The summed E-state index contributed by atoms with van der Waals surface area (Å²) in [5, 5.41) is 9.10. The summed E-state index contributed by atoms with van der Waals surface area (Å²) >= 11 is 0. The van der Waals surface area contributed by atoms with Gasteiger partial charge in [0.05, 0.1) is 6.54 Å². The molecular weight excluding hydrogens is 238 g/mol. The van der Waals surface area contributed by atoms with Crippen LogP contribution in [0.5, 0.6) is 0 Å². The third-order valence-electron chi connectivity index (χ3n) is 3.99. The molecule has 1 aromatic carbocycles. The van der Waals surface area contributed by atoms with Crippen LogP contribution in [0.25, 0.3) is 0 Å². The Morgan fingerprint density at radius 3 is 2.26 bits per heavy atom. The van der Waals surface area contributed by atoms with Crippen molar-refractivity contribution in [3.63, 3.8) is 0 Å². The third-order valence-corrected chi connectivity index (χ3v) is 3.99. The van der Waals surface area contributed by atoms with Gasteiger partial charge in [-0.25, -0.2) is 0 Å². The van der Waals surface area contributed by atoms with Gasteiger partial charge in [-0.2, -0.15) is 0 Å². The first-order chi connectivity index (χ1) is 8.90. The molecule has 19 heavy (non-hydrogen) atoms. The van der Waals surface area contributed by atoms with Crippen LogP contribution in [0.3, 0.4) is 0 Å². The lowest BCUT2D eigenvalue weighted by atomic mass is 9.94. The van der Waals surface area contributed by atoms with E-state index in [4.69, 9.17) is 5.11 Å². The van der Waals surface area contributed by atoms with E-state index in [1.54, 1.807) is 0 Å². The van der Waals surface area contributed by atoms with Crippen molar-refractivity contribution in [2.45, 2.75) is 52.6 Å². The molecular formula is C16H23NO2. The predicted octanol–water partition coefficient (Wildman–Crippen LogP) is 3.22. The number of hydrogen-bond acceptors (Lipinski definition) is 2. The highest BCUT2D eigenvalue weighted by atomic mass is 16.4. The summed E-state index contributed by atoms with van der Waals surface area (Å²) in [6, 6.07) is 4.99. The number of rotatable bonds is 5. The minimum Gasteiger partial charge on any atom is -0.480 e. The molecule has 1 aromatic rings. The monoisotopic (exact) mass is 261 g/mol. The summed E-state index contributed by atoms with van der Waals surface area (Å²) in [4.78, 5) is 13.2. The van der Waals surface area contributed by atoms with E-state index < -0.39 is 5.97 Å². The zero-order chi connectivity index (χ0) is 14.2. The SMILES string of the molecule is Cc1cc(C)c(C(C)N(CC(=O)O)C2CC2)c(C)c1. The summed E-state index contributed by atoms with van der Waals surface area (Å²) in [6.45, 7) is 8.62. The first-order valence-electron chi connectivity index (χ1n) is 6.95. The van der Waals surface area contributed by atoms with E-state index in [1.165, 1.54) is 22.3 Å². The zero-order valence-electron chi connectivity index (χ0n) is 12.2. The fourth-order valence-electron chi connectivity index (χ4n) is 3.16. The molecule has 3 heteroatoms. The van der Waals surface area contributed by atoms with Crippen molar-refractivity contribution in [2.24, 2.45) is 0 Å². The van der Waals surface area contributed by atoms with E-state index in [1.807, 2.05) is 0 Å². The molecule has 2 rings (SSSR count). The van der Waals surface area contributed by atoms with E-state index in [-0.39, 0.29) is 12.6 Å². The molecule has 1 N–H and O–H groups in total. The van der Waals surface area contributed by atoms with Gasteiger partial charge in [-0.05, 0) is 57.2 Å². The second-order valence-corrected chi connectivity index (χ2v) is 5.79. The van der Waals surface area contributed by atoms with Crippen molar-refractivity contribution in [3.8, 4) is 0 Å². The topological polar surface area (TPSA) is 40.5 Å². The quantitative estimate of drug-likeness (QED) is 0.884. The number of carbonyl (C=O) groups is 1. The highest BCUT2D eigenvalue weighted by Gasteiger charge is 2.34. The molecule has 0 aliphatic heterocycles. The molecule has 0 aromatic heterocycles. The molecule has 0 saturated heterocycles. The molecule has 1 aliphatic carbocycles. The van der Waals surface area contributed by atoms with E-state index >= 15 is 0 Å². The maximum atomic E-state index is 11.1. The first kappa shape index (κ1) is 14.1. The Kier molecular flexibility index (Phi) is 3.95. The van der Waals surface area contributed by atoms with Crippen molar-refractivity contribution in [2.75, 3.05) is 6.54 Å². The Balaban J connectivity index is 2.31. The van der Waals surface area contributed by atoms with E-state index in [9.17, 15) is 4.79 Å². The molecule has 0 radical (unpaired) electrons. The van der Waals surface area contributed by atoms with Gasteiger partial charge in [0.15, 0.2) is 0 Å². The largest absolute Gasteiger partial charge is 0.480 e. The molecule has 104 valence electrons. The molecule has 0 heterocycles. The van der Waals surface area contributed by atoms with Crippen molar-refractivity contribution in [3.05, 3.63) is 34.4 Å². The van der Waals surface area contributed by atoms with Crippen molar-refractivity contribution < 1.29 is 9.90 Å². The Labute approximate surface area is 115 Å². The highest BCUT2D eigenvalue weighted by molar-refractivity contribution is 5.69. The lowest BCUT2D eigenvalue weighted by Gasteiger charge is -2.30. The fraction of sp³-hybridized carbons (Fsp3) is 0.562. The average molecular weight is 261 g/mol. The number of carboxylic acids is 1. The number of hydrogen-bond donors (Lipinski definition) is 1. The van der Waals surface area contributed by atoms with Crippen molar-refractivity contribution >= 4 is 5.97 Å². The van der Waals surface area contributed by atoms with E-state index in [0.717, 1.165) is 12.8 Å². The molecule has 1 fully saturated rings. The number of aryl methyl sites for hydroxylation is 3. The maximum Gasteiger partial charge on any atom is 0.317 e. The Morgan fingerprint density at radius 1 is 1.32 bits per heavy atom. The lowest BCUT2D eigenvalue weighted by Crippen LogP contribution is -2.34. The van der Waals surface area contributed by atoms with Crippen LogP contribution < -0.4 is 0 Å². The Hall–Kier alpha value is -1.35. The fourth-order valence-corrected chi connectivity index (χ4v) is 3.16. The maximum absolute atomic E-state index is 11.1. The Morgan fingerprint density at radius 2 is 1.84 bits per heavy atom. The molecule has 0 amide bonds. The van der Waals surface area contributed by atoms with Crippen LogP contribution in [0.4, 0.5) is 0 Å². The minimum atomic E-state index is -0.735. The summed E-state index contributed by atoms with van der Waals surface area (Å²) in [6.07, 6.45) is 2.25. The molecule has 0 bridgehead atoms. The van der Waals surface area contributed by atoms with E-state index in [0.29, 0.717) is 6.04 Å². The zero-order valence-corrected chi connectivity index (χ0v) is 12.2. The first-order valence-corrected chi connectivity index (χ1v) is 6.95. The second-order valence-electron chi connectivity index (χ2n) is 5.79. The minimum absolute atomic E-state index is 0.137. The van der Waals surface area contributed by atoms with Crippen molar-refractivity contribution in [1.29, 1.82) is 0 Å². The highest BCUT2D eigenvalue weighted by Crippen LogP contribution is 2.36. The number of carboxylic acid groups (broad SMARTS) is 1. The van der Waals surface area contributed by atoms with Gasteiger partial charge in [0, 0.05) is 12.1 Å². The molecule has 0 spiro atoms. The average Bonchev–Trinajstić information content (AvgIpc) is 3.07. The Bertz CT molecular complexity index is 469. The van der Waals surface area contributed by atoms with Gasteiger partial charge in [-0.15, -0.1) is 0 Å². The van der Waals surface area contributed by atoms with Gasteiger partial charge in [0.1, 0.15) is 0 Å².